The van der Waals surface area contributed by atoms with Crippen molar-refractivity contribution in [2.24, 2.45) is 0 Å². The lowest BCUT2D eigenvalue weighted by atomic mass is 10.3. The first-order valence-electron chi connectivity index (χ1n) is 6.16. The zero-order valence-corrected chi connectivity index (χ0v) is 13.6. The van der Waals surface area contributed by atoms with Crippen LogP contribution in [0, 0.1) is 5.21 Å². The average molecular weight is 371 g/mol. The number of rotatable bonds is 2. The van der Waals surface area contributed by atoms with Gasteiger partial charge in [-0.25, -0.2) is 13.4 Å². The number of hydrogen-bond acceptors (Lipinski definition) is 6. The molecule has 2 N–H and O–H groups in total. The summed E-state index contributed by atoms with van der Waals surface area (Å²) >= 11 is 11.7. The summed E-state index contributed by atoms with van der Waals surface area (Å²) in [5, 5.41) is 15.5. The van der Waals surface area contributed by atoms with Crippen molar-refractivity contribution in [2.45, 2.75) is 9.79 Å². The van der Waals surface area contributed by atoms with Crippen molar-refractivity contribution in [1.29, 1.82) is 0 Å². The molecule has 0 aliphatic carbocycles. The molecule has 0 unspecified atom stereocenters. The Morgan fingerprint density at radius 3 is 2.39 bits per heavy atom. The van der Waals surface area contributed by atoms with E-state index < -0.39 is 9.84 Å². The van der Waals surface area contributed by atoms with E-state index in [4.69, 9.17) is 28.9 Å². The van der Waals surface area contributed by atoms with Crippen LogP contribution in [-0.2, 0) is 9.84 Å². The summed E-state index contributed by atoms with van der Waals surface area (Å²) < 4.78 is 25.3. The SMILES string of the molecule is Nc1nc2ccc(S(=O)(=O)c3ccc(Cl)c(Cl)c3)cc2[n+]([O-])n1. The van der Waals surface area contributed by atoms with Gasteiger partial charge in [0.25, 0.3) is 11.5 Å². The molecular formula is C13H8Cl2N4O3S. The Labute approximate surface area is 140 Å². The van der Waals surface area contributed by atoms with E-state index in [1.165, 1.54) is 36.4 Å². The van der Waals surface area contributed by atoms with Crippen LogP contribution in [0.1, 0.15) is 0 Å². The second-order valence-corrected chi connectivity index (χ2v) is 7.34. The highest BCUT2D eigenvalue weighted by molar-refractivity contribution is 7.91. The molecule has 1 aromatic heterocycles. The smallest absolute Gasteiger partial charge is 0.288 e. The maximum absolute atomic E-state index is 12.6. The fourth-order valence-electron chi connectivity index (χ4n) is 1.99. The van der Waals surface area contributed by atoms with E-state index in [9.17, 15) is 13.6 Å². The molecule has 0 atom stereocenters. The number of nitrogen functional groups attached to an aromatic ring is 1. The van der Waals surface area contributed by atoms with Crippen LogP contribution < -0.4 is 10.6 Å². The maximum atomic E-state index is 12.6. The molecule has 118 valence electrons. The van der Waals surface area contributed by atoms with E-state index in [1.54, 1.807) is 0 Å². The Balaban J connectivity index is 2.20. The third kappa shape index (κ3) is 2.76. The Hall–Kier alpha value is -2.16. The molecule has 0 fully saturated rings. The number of nitrogens with two attached hydrogens (primary N) is 1. The molecule has 1 heterocycles. The summed E-state index contributed by atoms with van der Waals surface area (Å²) in [4.78, 5) is 3.96. The lowest BCUT2D eigenvalue weighted by Gasteiger charge is -2.06. The molecule has 2 aromatic carbocycles. The number of sulfone groups is 1. The minimum absolute atomic E-state index is 0.0136. The normalized spacial score (nSPS) is 11.7. The fraction of sp³-hybridized carbons (Fsp3) is 0. The molecular weight excluding hydrogens is 363 g/mol. The summed E-state index contributed by atoms with van der Waals surface area (Å²) in [5.41, 5.74) is 5.61. The van der Waals surface area contributed by atoms with Crippen LogP contribution in [0.25, 0.3) is 11.0 Å². The van der Waals surface area contributed by atoms with Crippen molar-refractivity contribution in [1.82, 2.24) is 10.1 Å². The molecule has 0 aliphatic heterocycles. The van der Waals surface area contributed by atoms with Gasteiger partial charge in [0.15, 0.2) is 0 Å². The van der Waals surface area contributed by atoms with Gasteiger partial charge in [0.1, 0.15) is 5.52 Å². The number of benzene rings is 2. The molecule has 0 saturated heterocycles. The third-order valence-electron chi connectivity index (χ3n) is 3.09. The van der Waals surface area contributed by atoms with E-state index in [2.05, 4.69) is 10.1 Å². The highest BCUT2D eigenvalue weighted by Crippen LogP contribution is 2.29. The predicted octanol–water partition coefficient (Wildman–Crippen LogP) is 1.98. The van der Waals surface area contributed by atoms with Crippen molar-refractivity contribution < 1.29 is 13.3 Å². The first-order valence-corrected chi connectivity index (χ1v) is 8.40. The van der Waals surface area contributed by atoms with Gasteiger partial charge in [-0.15, -0.1) is 0 Å². The number of aromatic nitrogens is 3. The molecule has 0 bridgehead atoms. The molecule has 23 heavy (non-hydrogen) atoms. The molecule has 0 aliphatic rings. The van der Waals surface area contributed by atoms with E-state index >= 15 is 0 Å². The fourth-order valence-corrected chi connectivity index (χ4v) is 3.66. The first kappa shape index (κ1) is 15.7. The van der Waals surface area contributed by atoms with E-state index in [0.29, 0.717) is 0 Å². The van der Waals surface area contributed by atoms with Gasteiger partial charge < -0.3 is 10.9 Å². The molecule has 7 nitrogen and oxygen atoms in total. The minimum Gasteiger partial charge on any atom is -0.594 e. The number of halogens is 2. The zero-order chi connectivity index (χ0) is 16.8. The largest absolute Gasteiger partial charge is 0.594 e. The minimum atomic E-state index is -3.88. The number of fused-ring (bicyclic) bond motifs is 1. The molecule has 3 aromatic rings. The van der Waals surface area contributed by atoms with Crippen LogP contribution in [0.3, 0.4) is 0 Å². The Kier molecular flexibility index (Phi) is 3.75. The van der Waals surface area contributed by atoms with Gasteiger partial charge >= 0.3 is 0 Å². The Bertz CT molecular complexity index is 1040. The van der Waals surface area contributed by atoms with Crippen molar-refractivity contribution in [3.63, 3.8) is 0 Å². The van der Waals surface area contributed by atoms with Crippen LogP contribution in [0.15, 0.2) is 46.2 Å². The third-order valence-corrected chi connectivity index (χ3v) is 5.58. The highest BCUT2D eigenvalue weighted by Gasteiger charge is 2.21. The second-order valence-electron chi connectivity index (χ2n) is 4.57. The lowest BCUT2D eigenvalue weighted by Crippen LogP contribution is -2.33. The lowest BCUT2D eigenvalue weighted by molar-refractivity contribution is -0.641. The van der Waals surface area contributed by atoms with Gasteiger partial charge in [0.05, 0.1) is 24.9 Å². The van der Waals surface area contributed by atoms with Crippen LogP contribution in [0.5, 0.6) is 0 Å². The van der Waals surface area contributed by atoms with Gasteiger partial charge in [-0.2, -0.15) is 0 Å². The Morgan fingerprint density at radius 1 is 1.04 bits per heavy atom. The predicted molar refractivity (Wildman–Crippen MR) is 84.8 cm³/mol. The molecule has 0 saturated carbocycles. The number of nitrogens with zero attached hydrogens (tertiary/aromatic N) is 3. The summed E-state index contributed by atoms with van der Waals surface area (Å²) in [6.45, 7) is 0. The topological polar surface area (TPSA) is 113 Å². The molecule has 0 amide bonds. The monoisotopic (exact) mass is 370 g/mol. The van der Waals surface area contributed by atoms with Crippen LogP contribution in [0.2, 0.25) is 10.0 Å². The molecule has 0 radical (unpaired) electrons. The highest BCUT2D eigenvalue weighted by atomic mass is 35.5. The van der Waals surface area contributed by atoms with Crippen molar-refractivity contribution >= 4 is 50.0 Å². The summed E-state index contributed by atoms with van der Waals surface area (Å²) in [7, 11) is -3.88. The van der Waals surface area contributed by atoms with E-state index in [0.717, 1.165) is 0 Å². The second kappa shape index (κ2) is 5.48. The van der Waals surface area contributed by atoms with Crippen molar-refractivity contribution in [2.75, 3.05) is 5.73 Å². The van der Waals surface area contributed by atoms with Gasteiger partial charge in [-0.05, 0) is 35.2 Å². The molecule has 0 spiro atoms. The van der Waals surface area contributed by atoms with E-state index in [-0.39, 0.29) is 41.7 Å². The van der Waals surface area contributed by atoms with Gasteiger partial charge in [0.2, 0.25) is 9.84 Å². The quantitative estimate of drug-likeness (QED) is 0.544. The maximum Gasteiger partial charge on any atom is 0.288 e. The zero-order valence-electron chi connectivity index (χ0n) is 11.3. The average Bonchev–Trinajstić information content (AvgIpc) is 2.49. The van der Waals surface area contributed by atoms with E-state index in [1.807, 2.05) is 0 Å². The standard InChI is InChI=1S/C13H8Cl2N4O3S/c14-9-3-1-7(5-10(9)15)23(21,22)8-2-4-11-12(6-8)19(20)18-13(16)17-11/h1-6H,(H2,16,17,18). The van der Waals surface area contributed by atoms with Crippen LogP contribution in [0.4, 0.5) is 5.95 Å². The number of hydrogen-bond donors (Lipinski definition) is 1. The summed E-state index contributed by atoms with van der Waals surface area (Å²) in [5.74, 6) is -0.201. The van der Waals surface area contributed by atoms with Crippen LogP contribution >= 0.6 is 23.2 Å². The molecule has 3 rings (SSSR count). The number of anilines is 1. The van der Waals surface area contributed by atoms with Gasteiger partial charge in [-0.1, -0.05) is 23.2 Å². The van der Waals surface area contributed by atoms with Crippen molar-refractivity contribution in [3.05, 3.63) is 51.7 Å². The van der Waals surface area contributed by atoms with Gasteiger partial charge in [-0.3, -0.25) is 0 Å². The van der Waals surface area contributed by atoms with Crippen LogP contribution in [-0.4, -0.2) is 18.5 Å². The Morgan fingerprint density at radius 2 is 1.70 bits per heavy atom. The van der Waals surface area contributed by atoms with Gasteiger partial charge in [0, 0.05) is 6.07 Å². The summed E-state index contributed by atoms with van der Waals surface area (Å²) in [6, 6.07) is 7.85. The first-order chi connectivity index (χ1) is 10.8. The molecule has 10 heteroatoms. The van der Waals surface area contributed by atoms with Crippen molar-refractivity contribution in [3.8, 4) is 0 Å². The summed E-state index contributed by atoms with van der Waals surface area (Å²) in [6.07, 6.45) is 0.